The predicted molar refractivity (Wildman–Crippen MR) is 63.2 cm³/mol. The third-order valence-corrected chi connectivity index (χ3v) is 2.89. The quantitative estimate of drug-likeness (QED) is 0.730. The summed E-state index contributed by atoms with van der Waals surface area (Å²) in [6.07, 6.45) is 2.34. The zero-order valence-corrected chi connectivity index (χ0v) is 10.4. The van der Waals surface area contributed by atoms with E-state index in [0.29, 0.717) is 6.61 Å². The monoisotopic (exact) mass is 229 g/mol. The molecule has 0 saturated heterocycles. The SMILES string of the molecule is CNc1nnc(COCCCC(C)C)s1. The van der Waals surface area contributed by atoms with Gasteiger partial charge in [0.2, 0.25) is 5.13 Å². The van der Waals surface area contributed by atoms with Crippen LogP contribution in [0.4, 0.5) is 5.13 Å². The van der Waals surface area contributed by atoms with Gasteiger partial charge in [0.25, 0.3) is 0 Å². The first-order valence-electron chi connectivity index (χ1n) is 5.30. The van der Waals surface area contributed by atoms with E-state index in [-0.39, 0.29) is 0 Å². The van der Waals surface area contributed by atoms with E-state index in [2.05, 4.69) is 29.4 Å². The number of hydrogen-bond donors (Lipinski definition) is 1. The number of rotatable bonds is 7. The van der Waals surface area contributed by atoms with Crippen LogP contribution in [0, 0.1) is 5.92 Å². The molecule has 0 spiro atoms. The van der Waals surface area contributed by atoms with Gasteiger partial charge >= 0.3 is 0 Å². The first-order valence-corrected chi connectivity index (χ1v) is 6.12. The topological polar surface area (TPSA) is 47.0 Å². The minimum absolute atomic E-state index is 0.581. The summed E-state index contributed by atoms with van der Waals surface area (Å²) in [6, 6.07) is 0. The van der Waals surface area contributed by atoms with Gasteiger partial charge in [-0.15, -0.1) is 10.2 Å². The van der Waals surface area contributed by atoms with Crippen LogP contribution < -0.4 is 5.32 Å². The number of ether oxygens (including phenoxy) is 1. The molecule has 0 aliphatic rings. The molecule has 4 nitrogen and oxygen atoms in total. The van der Waals surface area contributed by atoms with Gasteiger partial charge in [-0.2, -0.15) is 0 Å². The van der Waals surface area contributed by atoms with Crippen LogP contribution in [0.25, 0.3) is 0 Å². The molecule has 0 unspecified atom stereocenters. The van der Waals surface area contributed by atoms with Gasteiger partial charge in [0.15, 0.2) is 0 Å². The maximum Gasteiger partial charge on any atom is 0.205 e. The Morgan fingerprint density at radius 2 is 2.20 bits per heavy atom. The minimum Gasteiger partial charge on any atom is -0.374 e. The van der Waals surface area contributed by atoms with Crippen molar-refractivity contribution in [3.8, 4) is 0 Å². The van der Waals surface area contributed by atoms with E-state index in [1.165, 1.54) is 17.8 Å². The third-order valence-electron chi connectivity index (χ3n) is 1.98. The van der Waals surface area contributed by atoms with Gasteiger partial charge in [-0.25, -0.2) is 0 Å². The van der Waals surface area contributed by atoms with Crippen molar-refractivity contribution in [3.05, 3.63) is 5.01 Å². The van der Waals surface area contributed by atoms with E-state index >= 15 is 0 Å². The fourth-order valence-corrected chi connectivity index (χ4v) is 1.80. The highest BCUT2D eigenvalue weighted by Gasteiger charge is 2.02. The van der Waals surface area contributed by atoms with Crippen LogP contribution in [0.15, 0.2) is 0 Å². The zero-order valence-electron chi connectivity index (χ0n) is 9.62. The molecule has 0 saturated carbocycles. The number of anilines is 1. The van der Waals surface area contributed by atoms with Crippen LogP contribution in [0.5, 0.6) is 0 Å². The van der Waals surface area contributed by atoms with Crippen molar-refractivity contribution in [1.29, 1.82) is 0 Å². The molecule has 0 radical (unpaired) electrons. The molecule has 1 aromatic heterocycles. The number of nitrogens with zero attached hydrogens (tertiary/aromatic N) is 2. The van der Waals surface area contributed by atoms with E-state index in [1.54, 1.807) is 0 Å². The summed E-state index contributed by atoms with van der Waals surface area (Å²) in [5.74, 6) is 0.756. The molecular formula is C10H19N3OS. The minimum atomic E-state index is 0.581. The fourth-order valence-electron chi connectivity index (χ4n) is 1.17. The van der Waals surface area contributed by atoms with Gasteiger partial charge in [-0.1, -0.05) is 25.2 Å². The molecule has 0 fully saturated rings. The van der Waals surface area contributed by atoms with Crippen molar-refractivity contribution in [1.82, 2.24) is 10.2 Å². The van der Waals surface area contributed by atoms with Crippen LogP contribution in [0.1, 0.15) is 31.7 Å². The predicted octanol–water partition coefficient (Wildman–Crippen LogP) is 2.53. The summed E-state index contributed by atoms with van der Waals surface area (Å²) < 4.78 is 5.51. The van der Waals surface area contributed by atoms with Crippen LogP contribution in [-0.4, -0.2) is 23.9 Å². The van der Waals surface area contributed by atoms with Crippen molar-refractivity contribution < 1.29 is 4.74 Å². The molecular weight excluding hydrogens is 210 g/mol. The Morgan fingerprint density at radius 3 is 2.80 bits per heavy atom. The number of nitrogens with one attached hydrogen (secondary N) is 1. The van der Waals surface area contributed by atoms with E-state index in [4.69, 9.17) is 4.74 Å². The smallest absolute Gasteiger partial charge is 0.205 e. The normalized spacial score (nSPS) is 10.9. The lowest BCUT2D eigenvalue weighted by molar-refractivity contribution is 0.114. The first kappa shape index (κ1) is 12.4. The van der Waals surface area contributed by atoms with Crippen molar-refractivity contribution in [2.24, 2.45) is 5.92 Å². The average molecular weight is 229 g/mol. The largest absolute Gasteiger partial charge is 0.374 e. The first-order chi connectivity index (χ1) is 7.22. The molecule has 0 amide bonds. The molecule has 0 aromatic carbocycles. The second-order valence-electron chi connectivity index (χ2n) is 3.84. The average Bonchev–Trinajstić information content (AvgIpc) is 2.65. The molecule has 0 bridgehead atoms. The summed E-state index contributed by atoms with van der Waals surface area (Å²) >= 11 is 1.54. The summed E-state index contributed by atoms with van der Waals surface area (Å²) in [5.41, 5.74) is 0. The van der Waals surface area contributed by atoms with Gasteiger partial charge < -0.3 is 10.1 Å². The summed E-state index contributed by atoms with van der Waals surface area (Å²) in [7, 11) is 1.84. The number of aromatic nitrogens is 2. The highest BCUT2D eigenvalue weighted by molar-refractivity contribution is 7.15. The van der Waals surface area contributed by atoms with Crippen LogP contribution in [-0.2, 0) is 11.3 Å². The van der Waals surface area contributed by atoms with E-state index in [1.807, 2.05) is 7.05 Å². The maximum atomic E-state index is 5.51. The molecule has 5 heteroatoms. The van der Waals surface area contributed by atoms with Crippen LogP contribution in [0.3, 0.4) is 0 Å². The van der Waals surface area contributed by atoms with Gasteiger partial charge in [-0.05, 0) is 18.8 Å². The summed E-state index contributed by atoms with van der Waals surface area (Å²) in [6.45, 7) is 5.85. The van der Waals surface area contributed by atoms with E-state index in [0.717, 1.165) is 29.1 Å². The molecule has 0 aliphatic heterocycles. The van der Waals surface area contributed by atoms with Crippen molar-refractivity contribution in [3.63, 3.8) is 0 Å². The Kier molecular flexibility index (Phi) is 5.57. The standard InChI is InChI=1S/C10H19N3OS/c1-8(2)5-4-6-14-7-9-12-13-10(11-3)15-9/h8H,4-7H2,1-3H3,(H,11,13). The Morgan fingerprint density at radius 1 is 1.40 bits per heavy atom. The van der Waals surface area contributed by atoms with Gasteiger partial charge in [-0.3, -0.25) is 0 Å². The van der Waals surface area contributed by atoms with E-state index in [9.17, 15) is 0 Å². The second-order valence-corrected chi connectivity index (χ2v) is 4.90. The maximum absolute atomic E-state index is 5.51. The molecule has 1 rings (SSSR count). The van der Waals surface area contributed by atoms with Gasteiger partial charge in [0.1, 0.15) is 11.6 Å². The Hall–Kier alpha value is -0.680. The lowest BCUT2D eigenvalue weighted by atomic mass is 10.1. The highest BCUT2D eigenvalue weighted by Crippen LogP contribution is 2.15. The summed E-state index contributed by atoms with van der Waals surface area (Å²) in [5, 5.41) is 12.7. The lowest BCUT2D eigenvalue weighted by Gasteiger charge is -2.04. The van der Waals surface area contributed by atoms with E-state index < -0.39 is 0 Å². The molecule has 86 valence electrons. The fraction of sp³-hybridized carbons (Fsp3) is 0.800. The van der Waals surface area contributed by atoms with Crippen molar-refractivity contribution in [2.45, 2.75) is 33.3 Å². The zero-order chi connectivity index (χ0) is 11.1. The summed E-state index contributed by atoms with van der Waals surface area (Å²) in [4.78, 5) is 0. The molecule has 15 heavy (non-hydrogen) atoms. The molecule has 0 aliphatic carbocycles. The second kappa shape index (κ2) is 6.74. The third kappa shape index (κ3) is 5.09. The van der Waals surface area contributed by atoms with Crippen molar-refractivity contribution >= 4 is 16.5 Å². The Balaban J connectivity index is 2.09. The van der Waals surface area contributed by atoms with Gasteiger partial charge in [0, 0.05) is 13.7 Å². The molecule has 1 N–H and O–H groups in total. The van der Waals surface area contributed by atoms with Crippen LogP contribution in [0.2, 0.25) is 0 Å². The van der Waals surface area contributed by atoms with Crippen molar-refractivity contribution in [2.75, 3.05) is 19.0 Å². The Labute approximate surface area is 95.1 Å². The molecule has 1 heterocycles. The highest BCUT2D eigenvalue weighted by atomic mass is 32.1. The molecule has 0 atom stereocenters. The van der Waals surface area contributed by atoms with Gasteiger partial charge in [0.05, 0.1) is 0 Å². The molecule has 1 aromatic rings. The number of hydrogen-bond acceptors (Lipinski definition) is 5. The lowest BCUT2D eigenvalue weighted by Crippen LogP contribution is -1.97. The van der Waals surface area contributed by atoms with Crippen LogP contribution >= 0.6 is 11.3 Å². The Bertz CT molecular complexity index is 275.